The Kier molecular flexibility index (Phi) is 16.0. The Morgan fingerprint density at radius 1 is 0.923 bits per heavy atom. The molecule has 1 heterocycles. The lowest BCUT2D eigenvalue weighted by Crippen LogP contribution is -3.00. The SMILES string of the molecule is CCCCCCCCCCCCCCOc1ccc(C(=O)Nc2ccccc2C[n+]2cscc2C)cc1F.[Br-]. The molecule has 0 radical (unpaired) electrons. The van der Waals surface area contributed by atoms with Gasteiger partial charge in [-0.3, -0.25) is 4.79 Å². The lowest BCUT2D eigenvalue weighted by atomic mass is 10.1. The summed E-state index contributed by atoms with van der Waals surface area (Å²) < 4.78 is 22.5. The molecule has 3 aromatic rings. The third kappa shape index (κ3) is 11.8. The number of unbranched alkanes of at least 4 members (excludes halogenated alkanes) is 11. The molecule has 3 rings (SSSR count). The lowest BCUT2D eigenvalue weighted by molar-refractivity contribution is -0.689. The molecule has 2 aromatic carbocycles. The van der Waals surface area contributed by atoms with Crippen LogP contribution in [0.5, 0.6) is 5.75 Å². The maximum absolute atomic E-state index is 14.7. The van der Waals surface area contributed by atoms with Crippen LogP contribution in [-0.2, 0) is 6.54 Å². The second kappa shape index (κ2) is 18.9. The molecule has 0 saturated heterocycles. The van der Waals surface area contributed by atoms with Gasteiger partial charge >= 0.3 is 0 Å². The fourth-order valence-corrected chi connectivity index (χ4v) is 5.34. The number of carbonyl (C=O) groups excluding carboxylic acids is 1. The predicted octanol–water partition coefficient (Wildman–Crippen LogP) is 5.87. The lowest BCUT2D eigenvalue weighted by Gasteiger charge is -2.11. The molecule has 0 unspecified atom stereocenters. The minimum absolute atomic E-state index is 0. The Labute approximate surface area is 248 Å². The van der Waals surface area contributed by atoms with Crippen molar-refractivity contribution in [3.05, 3.63) is 76.0 Å². The zero-order chi connectivity index (χ0) is 27.0. The minimum atomic E-state index is -0.505. The Hall–Kier alpha value is -2.25. The molecule has 39 heavy (non-hydrogen) atoms. The summed E-state index contributed by atoms with van der Waals surface area (Å²) in [6, 6.07) is 12.1. The first-order valence-electron chi connectivity index (χ1n) is 14.3. The number of para-hydroxylation sites is 1. The topological polar surface area (TPSA) is 42.2 Å². The van der Waals surface area contributed by atoms with E-state index in [0.717, 1.165) is 29.8 Å². The van der Waals surface area contributed by atoms with E-state index in [0.29, 0.717) is 13.2 Å². The Bertz CT molecular complexity index is 1120. The van der Waals surface area contributed by atoms with E-state index in [4.69, 9.17) is 4.74 Å². The number of aryl methyl sites for hydroxylation is 1. The Morgan fingerprint density at radius 2 is 1.56 bits per heavy atom. The van der Waals surface area contributed by atoms with Crippen molar-refractivity contribution >= 4 is 22.9 Å². The van der Waals surface area contributed by atoms with Crippen LogP contribution in [0.1, 0.15) is 106 Å². The molecule has 0 aliphatic heterocycles. The smallest absolute Gasteiger partial charge is 0.255 e. The number of halogens is 2. The second-order valence-corrected chi connectivity index (χ2v) is 10.8. The van der Waals surface area contributed by atoms with E-state index in [1.165, 1.54) is 70.3 Å². The molecule has 0 atom stereocenters. The van der Waals surface area contributed by atoms with Gasteiger partial charge < -0.3 is 27.0 Å². The van der Waals surface area contributed by atoms with E-state index < -0.39 is 5.82 Å². The van der Waals surface area contributed by atoms with Crippen LogP contribution in [0.4, 0.5) is 10.1 Å². The molecule has 0 spiro atoms. The maximum atomic E-state index is 14.7. The number of anilines is 1. The van der Waals surface area contributed by atoms with Crippen molar-refractivity contribution in [2.24, 2.45) is 0 Å². The first-order chi connectivity index (χ1) is 18.6. The van der Waals surface area contributed by atoms with Crippen molar-refractivity contribution in [3.63, 3.8) is 0 Å². The zero-order valence-corrected chi connectivity index (χ0v) is 25.9. The molecule has 0 saturated carbocycles. The number of aromatic nitrogens is 1. The third-order valence-corrected chi connectivity index (χ3v) is 7.79. The number of nitrogens with one attached hydrogen (secondary N) is 1. The molecule has 1 amide bonds. The highest BCUT2D eigenvalue weighted by atomic mass is 79.9. The zero-order valence-electron chi connectivity index (χ0n) is 23.5. The summed E-state index contributed by atoms with van der Waals surface area (Å²) in [5.41, 5.74) is 5.21. The van der Waals surface area contributed by atoms with Crippen LogP contribution < -0.4 is 31.6 Å². The maximum Gasteiger partial charge on any atom is 0.255 e. The van der Waals surface area contributed by atoms with Gasteiger partial charge in [-0.2, -0.15) is 4.57 Å². The highest BCUT2D eigenvalue weighted by Crippen LogP contribution is 2.21. The molecule has 1 N–H and O–H groups in total. The molecule has 0 fully saturated rings. The van der Waals surface area contributed by atoms with Gasteiger partial charge in [0.1, 0.15) is 0 Å². The largest absolute Gasteiger partial charge is 1.00 e. The molecular weight excluding hydrogens is 575 g/mol. The van der Waals surface area contributed by atoms with Crippen molar-refractivity contribution in [2.45, 2.75) is 97.4 Å². The van der Waals surface area contributed by atoms with Crippen LogP contribution in [0.25, 0.3) is 0 Å². The molecule has 0 bridgehead atoms. The molecule has 7 heteroatoms. The van der Waals surface area contributed by atoms with Crippen molar-refractivity contribution in [1.82, 2.24) is 0 Å². The number of thiazole rings is 1. The number of hydrogen-bond acceptors (Lipinski definition) is 3. The number of rotatable bonds is 18. The summed E-state index contributed by atoms with van der Waals surface area (Å²) in [7, 11) is 0. The Morgan fingerprint density at radius 3 is 2.18 bits per heavy atom. The van der Waals surface area contributed by atoms with Gasteiger partial charge in [0.25, 0.3) is 5.91 Å². The van der Waals surface area contributed by atoms with E-state index in [-0.39, 0.29) is 34.2 Å². The van der Waals surface area contributed by atoms with Crippen LogP contribution in [0.2, 0.25) is 0 Å². The number of benzene rings is 2. The van der Waals surface area contributed by atoms with Crippen molar-refractivity contribution < 1.29 is 35.5 Å². The van der Waals surface area contributed by atoms with Crippen molar-refractivity contribution in [2.75, 3.05) is 11.9 Å². The van der Waals surface area contributed by atoms with Gasteiger partial charge in [0.05, 0.1) is 17.7 Å². The second-order valence-electron chi connectivity index (χ2n) is 10.1. The van der Waals surface area contributed by atoms with E-state index in [1.807, 2.05) is 24.3 Å². The van der Waals surface area contributed by atoms with Gasteiger partial charge in [-0.1, -0.05) is 107 Å². The van der Waals surface area contributed by atoms with E-state index in [2.05, 4.69) is 34.6 Å². The standard InChI is InChI=1S/C32H43FN2O2S.BrH/c1-3-4-5-6-7-8-9-10-11-12-13-16-21-37-31-20-19-27(22-29(31)33)32(36)34-30-18-15-14-17-28(30)23-35-25-38-24-26(35)2;/h14-15,17-20,22,24-25H,3-13,16,21,23H2,1-2H3;1H. The average molecular weight is 620 g/mol. The highest BCUT2D eigenvalue weighted by Gasteiger charge is 2.15. The van der Waals surface area contributed by atoms with Gasteiger partial charge in [0, 0.05) is 18.1 Å². The fraction of sp³-hybridized carbons (Fsp3) is 0.500. The van der Waals surface area contributed by atoms with Crippen molar-refractivity contribution in [1.29, 1.82) is 0 Å². The number of ether oxygens (including phenoxy) is 1. The quantitative estimate of drug-likeness (QED) is 0.143. The number of nitrogens with zero attached hydrogens (tertiary/aromatic N) is 1. The molecule has 0 aliphatic carbocycles. The van der Waals surface area contributed by atoms with E-state index >= 15 is 0 Å². The Balaban J connectivity index is 0.00000533. The first-order valence-corrected chi connectivity index (χ1v) is 15.3. The monoisotopic (exact) mass is 618 g/mol. The summed E-state index contributed by atoms with van der Waals surface area (Å²) in [6.07, 6.45) is 15.3. The summed E-state index contributed by atoms with van der Waals surface area (Å²) in [4.78, 5) is 12.9. The molecular formula is C32H44BrFN2O2S. The van der Waals surface area contributed by atoms with Crippen LogP contribution >= 0.6 is 11.3 Å². The molecule has 214 valence electrons. The average Bonchev–Trinajstić information content (AvgIpc) is 3.32. The van der Waals surface area contributed by atoms with E-state index in [9.17, 15) is 9.18 Å². The number of hydrogen-bond donors (Lipinski definition) is 1. The van der Waals surface area contributed by atoms with Gasteiger partial charge in [-0.15, -0.1) is 0 Å². The highest BCUT2D eigenvalue weighted by molar-refractivity contribution is 7.07. The van der Waals surface area contributed by atoms with Gasteiger partial charge in [-0.05, 0) is 30.7 Å². The van der Waals surface area contributed by atoms with Crippen LogP contribution in [0.15, 0.2) is 53.4 Å². The number of carbonyl (C=O) groups is 1. The molecule has 1 aromatic heterocycles. The normalized spacial score (nSPS) is 10.7. The van der Waals surface area contributed by atoms with Crippen molar-refractivity contribution in [3.8, 4) is 5.75 Å². The predicted molar refractivity (Wildman–Crippen MR) is 156 cm³/mol. The fourth-order valence-electron chi connectivity index (χ4n) is 4.56. The van der Waals surface area contributed by atoms with Crippen LogP contribution in [-0.4, -0.2) is 12.5 Å². The summed E-state index contributed by atoms with van der Waals surface area (Å²) >= 11 is 1.64. The van der Waals surface area contributed by atoms with Gasteiger partial charge in [0.15, 0.2) is 23.8 Å². The van der Waals surface area contributed by atoms with Crippen LogP contribution in [0.3, 0.4) is 0 Å². The molecule has 4 nitrogen and oxygen atoms in total. The summed E-state index contributed by atoms with van der Waals surface area (Å²) in [6.45, 7) is 5.47. The summed E-state index contributed by atoms with van der Waals surface area (Å²) in [5.74, 6) is -0.639. The van der Waals surface area contributed by atoms with Gasteiger partial charge in [-0.25, -0.2) is 4.39 Å². The first kappa shape index (κ1) is 33.0. The van der Waals surface area contributed by atoms with E-state index in [1.54, 1.807) is 23.5 Å². The third-order valence-electron chi connectivity index (χ3n) is 6.94. The summed E-state index contributed by atoms with van der Waals surface area (Å²) in [5, 5.41) is 5.03. The molecule has 0 aliphatic rings. The van der Waals surface area contributed by atoms with Crippen LogP contribution in [0, 0.1) is 12.7 Å². The van der Waals surface area contributed by atoms with Gasteiger partial charge in [0.2, 0.25) is 5.51 Å². The number of amides is 1. The minimum Gasteiger partial charge on any atom is -1.00 e.